The number of carbonyl (C=O) groups is 1. The molecule has 1 aromatic heterocycles. The van der Waals surface area contributed by atoms with Crippen molar-refractivity contribution in [1.29, 1.82) is 0 Å². The quantitative estimate of drug-likeness (QED) is 0.336. The molecule has 1 N–H and O–H groups in total. The van der Waals surface area contributed by atoms with Crippen molar-refractivity contribution >= 4 is 41.2 Å². The van der Waals surface area contributed by atoms with E-state index in [-0.39, 0.29) is 5.91 Å². The molecule has 140 valence electrons. The predicted octanol–water partition coefficient (Wildman–Crippen LogP) is 4.33. The molecule has 0 spiro atoms. The molecule has 5 nitrogen and oxygen atoms in total. The molecule has 27 heavy (non-hydrogen) atoms. The number of hydrogen-bond donors (Lipinski definition) is 1. The van der Waals surface area contributed by atoms with Crippen LogP contribution in [0.1, 0.15) is 15.9 Å². The van der Waals surface area contributed by atoms with Gasteiger partial charge in [0.25, 0.3) is 5.91 Å². The second kappa shape index (κ2) is 9.80. The van der Waals surface area contributed by atoms with Crippen molar-refractivity contribution in [1.82, 2.24) is 15.1 Å². The third-order valence-electron chi connectivity index (χ3n) is 3.70. The van der Waals surface area contributed by atoms with Gasteiger partial charge in [-0.15, -0.1) is 5.10 Å². The van der Waals surface area contributed by atoms with Crippen molar-refractivity contribution < 1.29 is 9.53 Å². The summed E-state index contributed by atoms with van der Waals surface area (Å²) in [5.41, 5.74) is 2.69. The zero-order valence-electron chi connectivity index (χ0n) is 14.8. The molecule has 3 rings (SSSR count). The third-order valence-corrected chi connectivity index (χ3v) is 6.14. The van der Waals surface area contributed by atoms with Gasteiger partial charge in [-0.05, 0) is 42.0 Å². The topological polar surface area (TPSA) is 56.1 Å². The number of thioether (sulfide) groups is 1. The van der Waals surface area contributed by atoms with Crippen LogP contribution < -0.4 is 5.32 Å². The van der Waals surface area contributed by atoms with E-state index < -0.39 is 0 Å². The molecule has 0 unspecified atom stereocenters. The Morgan fingerprint density at radius 2 is 1.96 bits per heavy atom. The largest absolute Gasteiger partial charge is 0.383 e. The summed E-state index contributed by atoms with van der Waals surface area (Å²) in [4.78, 5) is 12.0. The molecule has 8 heteroatoms. The van der Waals surface area contributed by atoms with Gasteiger partial charge >= 0.3 is 0 Å². The molecule has 0 aliphatic rings. The number of carbonyl (C=O) groups excluding carboxylic acids is 1. The van der Waals surface area contributed by atoms with Crippen molar-refractivity contribution in [2.75, 3.05) is 20.3 Å². The Bertz CT molecular complexity index is 937. The number of nitrogens with zero attached hydrogens (tertiary/aromatic N) is 2. The zero-order valence-corrected chi connectivity index (χ0v) is 17.2. The number of rotatable bonds is 8. The highest BCUT2D eigenvalue weighted by Gasteiger charge is 2.09. The van der Waals surface area contributed by atoms with E-state index in [2.05, 4.69) is 22.5 Å². The zero-order chi connectivity index (χ0) is 19.1. The summed E-state index contributed by atoms with van der Waals surface area (Å²) in [7, 11) is 1.60. The first-order valence-electron chi connectivity index (χ1n) is 8.32. The molecule has 1 heterocycles. The first-order chi connectivity index (χ1) is 13.2. The van der Waals surface area contributed by atoms with Crippen LogP contribution in [0, 0.1) is 3.95 Å². The first-order valence-corrected chi connectivity index (χ1v) is 10.5. The third kappa shape index (κ3) is 5.49. The van der Waals surface area contributed by atoms with Crippen LogP contribution in [0.3, 0.4) is 0 Å². The standard InChI is InChI=1S/C19H19N3O2S3/c1-24-12-11-20-17(23)15-7-9-16(10-8-15)22-19(25)27-18(21-22)26-13-14-5-3-2-4-6-14/h2-10H,11-13H2,1H3,(H,20,23). The van der Waals surface area contributed by atoms with E-state index in [0.717, 1.165) is 15.8 Å². The van der Waals surface area contributed by atoms with Crippen molar-refractivity contribution in [2.45, 2.75) is 10.1 Å². The monoisotopic (exact) mass is 417 g/mol. The van der Waals surface area contributed by atoms with Crippen LogP contribution in [0.5, 0.6) is 0 Å². The highest BCUT2D eigenvalue weighted by atomic mass is 32.2. The number of amides is 1. The maximum Gasteiger partial charge on any atom is 0.251 e. The van der Waals surface area contributed by atoms with Gasteiger partial charge in [-0.2, -0.15) is 0 Å². The Labute approximate surface area is 171 Å². The van der Waals surface area contributed by atoms with Gasteiger partial charge in [0.15, 0.2) is 8.29 Å². The average molecular weight is 418 g/mol. The minimum absolute atomic E-state index is 0.125. The maximum atomic E-state index is 12.0. The summed E-state index contributed by atoms with van der Waals surface area (Å²) in [6.45, 7) is 0.970. The van der Waals surface area contributed by atoms with Gasteiger partial charge in [-0.25, -0.2) is 4.68 Å². The highest BCUT2D eigenvalue weighted by Crippen LogP contribution is 2.27. The Kier molecular flexibility index (Phi) is 7.17. The van der Waals surface area contributed by atoms with Gasteiger partial charge in [-0.1, -0.05) is 53.4 Å². The average Bonchev–Trinajstić information content (AvgIpc) is 3.08. The van der Waals surface area contributed by atoms with E-state index >= 15 is 0 Å². The van der Waals surface area contributed by atoms with E-state index in [1.54, 1.807) is 35.7 Å². The summed E-state index contributed by atoms with van der Waals surface area (Å²) in [5.74, 6) is 0.726. The summed E-state index contributed by atoms with van der Waals surface area (Å²) in [6, 6.07) is 17.5. The predicted molar refractivity (Wildman–Crippen MR) is 112 cm³/mol. The number of hydrogen-bond acceptors (Lipinski definition) is 6. The van der Waals surface area contributed by atoms with E-state index in [4.69, 9.17) is 17.0 Å². The molecule has 0 saturated carbocycles. The van der Waals surface area contributed by atoms with Crippen LogP contribution >= 0.6 is 35.3 Å². The van der Waals surface area contributed by atoms with Crippen LogP contribution in [0.25, 0.3) is 5.69 Å². The molecule has 3 aromatic rings. The lowest BCUT2D eigenvalue weighted by molar-refractivity contribution is 0.0937. The second-order valence-electron chi connectivity index (χ2n) is 5.62. The van der Waals surface area contributed by atoms with E-state index in [1.165, 1.54) is 16.9 Å². The van der Waals surface area contributed by atoms with Crippen molar-refractivity contribution in [2.24, 2.45) is 0 Å². The van der Waals surface area contributed by atoms with Gasteiger partial charge in [0, 0.05) is 25.0 Å². The van der Waals surface area contributed by atoms with Gasteiger partial charge in [0.05, 0.1) is 12.3 Å². The van der Waals surface area contributed by atoms with Gasteiger partial charge in [0.1, 0.15) is 0 Å². The lowest BCUT2D eigenvalue weighted by atomic mass is 10.2. The fourth-order valence-electron chi connectivity index (χ4n) is 2.32. The molecule has 0 atom stereocenters. The van der Waals surface area contributed by atoms with E-state index in [0.29, 0.717) is 22.7 Å². The fraction of sp³-hybridized carbons (Fsp3) is 0.211. The SMILES string of the molecule is COCCNC(=O)c1ccc(-n2nc(SCc3ccccc3)sc2=S)cc1. The molecule has 0 aliphatic carbocycles. The number of ether oxygens (including phenoxy) is 1. The van der Waals surface area contributed by atoms with Crippen LogP contribution in [-0.4, -0.2) is 35.9 Å². The van der Waals surface area contributed by atoms with Gasteiger partial charge in [0.2, 0.25) is 0 Å². The number of aromatic nitrogens is 2. The normalized spacial score (nSPS) is 10.7. The van der Waals surface area contributed by atoms with Gasteiger partial charge < -0.3 is 10.1 Å². The Morgan fingerprint density at radius 3 is 2.67 bits per heavy atom. The van der Waals surface area contributed by atoms with Gasteiger partial charge in [-0.3, -0.25) is 4.79 Å². The van der Waals surface area contributed by atoms with Crippen molar-refractivity contribution in [3.8, 4) is 5.69 Å². The molecular weight excluding hydrogens is 398 g/mol. The molecule has 0 saturated heterocycles. The van der Waals surface area contributed by atoms with Crippen molar-refractivity contribution in [3.63, 3.8) is 0 Å². The lowest BCUT2D eigenvalue weighted by Gasteiger charge is -2.06. The number of nitrogens with one attached hydrogen (secondary N) is 1. The molecule has 1 amide bonds. The summed E-state index contributed by atoms with van der Waals surface area (Å²) in [5, 5.41) is 7.41. The fourth-order valence-corrected chi connectivity index (χ4v) is 4.64. The minimum Gasteiger partial charge on any atom is -0.383 e. The first kappa shape index (κ1) is 19.8. The molecule has 0 aliphatic heterocycles. The molecule has 0 radical (unpaired) electrons. The van der Waals surface area contributed by atoms with Crippen molar-refractivity contribution in [3.05, 3.63) is 69.7 Å². The van der Waals surface area contributed by atoms with Crippen LogP contribution in [0.2, 0.25) is 0 Å². The molecule has 0 fully saturated rings. The lowest BCUT2D eigenvalue weighted by Crippen LogP contribution is -2.26. The number of methoxy groups -OCH3 is 1. The Morgan fingerprint density at radius 1 is 1.22 bits per heavy atom. The summed E-state index contributed by atoms with van der Waals surface area (Å²) in [6.07, 6.45) is 0. The molecular formula is C19H19N3O2S3. The minimum atomic E-state index is -0.125. The smallest absolute Gasteiger partial charge is 0.251 e. The van der Waals surface area contributed by atoms with E-state index in [1.807, 2.05) is 30.3 Å². The van der Waals surface area contributed by atoms with E-state index in [9.17, 15) is 4.79 Å². The number of benzene rings is 2. The Balaban J connectivity index is 1.67. The Hall–Kier alpha value is -2.00. The highest BCUT2D eigenvalue weighted by molar-refractivity contribution is 8.00. The molecule has 2 aromatic carbocycles. The van der Waals surface area contributed by atoms with Crippen LogP contribution in [0.15, 0.2) is 58.9 Å². The summed E-state index contributed by atoms with van der Waals surface area (Å²) >= 11 is 8.61. The second-order valence-corrected chi connectivity index (χ2v) is 8.46. The van der Waals surface area contributed by atoms with Crippen LogP contribution in [-0.2, 0) is 10.5 Å². The van der Waals surface area contributed by atoms with Crippen LogP contribution in [0.4, 0.5) is 0 Å². The maximum absolute atomic E-state index is 12.0. The molecule has 0 bridgehead atoms. The summed E-state index contributed by atoms with van der Waals surface area (Å²) < 4.78 is 8.27.